The van der Waals surface area contributed by atoms with Gasteiger partial charge in [-0.1, -0.05) is 35.9 Å². The Balaban J connectivity index is 1.69. The van der Waals surface area contributed by atoms with E-state index in [1.807, 2.05) is 24.3 Å². The van der Waals surface area contributed by atoms with Crippen LogP contribution in [0.5, 0.6) is 0 Å². The van der Waals surface area contributed by atoms with Gasteiger partial charge >= 0.3 is 0 Å². The molecule has 1 saturated heterocycles. The van der Waals surface area contributed by atoms with E-state index in [2.05, 4.69) is 5.32 Å². The zero-order valence-corrected chi connectivity index (χ0v) is 14.5. The van der Waals surface area contributed by atoms with Crippen LogP contribution >= 0.6 is 11.6 Å². The van der Waals surface area contributed by atoms with Crippen molar-refractivity contribution in [2.24, 2.45) is 5.73 Å². The first-order chi connectivity index (χ1) is 12.1. The Labute approximate surface area is 151 Å². The summed E-state index contributed by atoms with van der Waals surface area (Å²) in [7, 11) is 0. The summed E-state index contributed by atoms with van der Waals surface area (Å²) in [4.78, 5) is 25.8. The monoisotopic (exact) mass is 357 g/mol. The first kappa shape index (κ1) is 17.5. The van der Waals surface area contributed by atoms with Gasteiger partial charge in [0, 0.05) is 18.7 Å². The predicted octanol–water partition coefficient (Wildman–Crippen LogP) is 2.72. The molecular weight excluding hydrogens is 338 g/mol. The van der Waals surface area contributed by atoms with Crippen LogP contribution in [0.25, 0.3) is 0 Å². The standard InChI is InChI=1S/C19H20ClN3O2/c20-15-7-1-2-9-17(15)23-10-4-8-16(19(23)25)22-12-13-5-3-6-14(11-13)18(21)24/h1-3,5-7,9,11,16,22H,4,8,10,12H2,(H2,21,24). The average molecular weight is 358 g/mol. The van der Waals surface area contributed by atoms with E-state index in [0.717, 1.165) is 24.1 Å². The first-order valence-corrected chi connectivity index (χ1v) is 8.62. The summed E-state index contributed by atoms with van der Waals surface area (Å²) >= 11 is 6.23. The van der Waals surface area contributed by atoms with Crippen molar-refractivity contribution in [2.45, 2.75) is 25.4 Å². The van der Waals surface area contributed by atoms with Crippen molar-refractivity contribution in [3.8, 4) is 0 Å². The third kappa shape index (κ3) is 4.00. The van der Waals surface area contributed by atoms with Crippen LogP contribution in [0.2, 0.25) is 5.02 Å². The highest BCUT2D eigenvalue weighted by Gasteiger charge is 2.30. The van der Waals surface area contributed by atoms with E-state index in [9.17, 15) is 9.59 Å². The lowest BCUT2D eigenvalue weighted by Gasteiger charge is -2.33. The lowest BCUT2D eigenvalue weighted by atomic mass is 10.0. The van der Waals surface area contributed by atoms with Crippen LogP contribution in [0, 0.1) is 0 Å². The van der Waals surface area contributed by atoms with Gasteiger partial charge in [-0.2, -0.15) is 0 Å². The van der Waals surface area contributed by atoms with Crippen LogP contribution in [-0.2, 0) is 11.3 Å². The summed E-state index contributed by atoms with van der Waals surface area (Å²) in [5, 5.41) is 3.86. The number of hydrogen-bond donors (Lipinski definition) is 2. The maximum atomic E-state index is 12.8. The molecule has 0 saturated carbocycles. The number of nitrogens with two attached hydrogens (primary N) is 1. The van der Waals surface area contributed by atoms with Gasteiger partial charge in [-0.15, -0.1) is 0 Å². The largest absolute Gasteiger partial charge is 0.366 e. The molecular formula is C19H20ClN3O2. The molecule has 2 aromatic rings. The fourth-order valence-electron chi connectivity index (χ4n) is 3.05. The molecule has 5 nitrogen and oxygen atoms in total. The quantitative estimate of drug-likeness (QED) is 0.863. The number of carbonyl (C=O) groups excluding carboxylic acids is 2. The average Bonchev–Trinajstić information content (AvgIpc) is 2.62. The molecule has 6 heteroatoms. The third-order valence-corrected chi connectivity index (χ3v) is 4.67. The molecule has 1 aliphatic heterocycles. The second kappa shape index (κ2) is 7.68. The van der Waals surface area contributed by atoms with E-state index < -0.39 is 5.91 Å². The lowest BCUT2D eigenvalue weighted by Crippen LogP contribution is -2.50. The van der Waals surface area contributed by atoms with E-state index >= 15 is 0 Å². The molecule has 1 unspecified atom stereocenters. The summed E-state index contributed by atoms with van der Waals surface area (Å²) in [6.45, 7) is 1.16. The highest BCUT2D eigenvalue weighted by atomic mass is 35.5. The van der Waals surface area contributed by atoms with Crippen molar-refractivity contribution in [3.05, 3.63) is 64.7 Å². The smallest absolute Gasteiger partial charge is 0.248 e. The molecule has 0 spiro atoms. The van der Waals surface area contributed by atoms with E-state index in [1.165, 1.54) is 0 Å². The Morgan fingerprint density at radius 3 is 2.80 bits per heavy atom. The highest BCUT2D eigenvalue weighted by molar-refractivity contribution is 6.33. The molecule has 3 N–H and O–H groups in total. The van der Waals surface area contributed by atoms with Gasteiger partial charge in [-0.05, 0) is 42.7 Å². The molecule has 3 rings (SSSR count). The second-order valence-corrected chi connectivity index (χ2v) is 6.49. The number of rotatable bonds is 5. The van der Waals surface area contributed by atoms with E-state index in [-0.39, 0.29) is 11.9 Å². The number of carbonyl (C=O) groups is 2. The minimum Gasteiger partial charge on any atom is -0.366 e. The Morgan fingerprint density at radius 2 is 2.04 bits per heavy atom. The maximum Gasteiger partial charge on any atom is 0.248 e. The number of primary amides is 1. The third-order valence-electron chi connectivity index (χ3n) is 4.35. The number of hydrogen-bond acceptors (Lipinski definition) is 3. The van der Waals surface area contributed by atoms with Gasteiger partial charge in [0.25, 0.3) is 0 Å². The SMILES string of the molecule is NC(=O)c1cccc(CNC2CCCN(c3ccccc3Cl)C2=O)c1. The van der Waals surface area contributed by atoms with Gasteiger partial charge < -0.3 is 16.0 Å². The number of amides is 2. The Bertz CT molecular complexity index is 794. The van der Waals surface area contributed by atoms with Crippen molar-refractivity contribution < 1.29 is 9.59 Å². The van der Waals surface area contributed by atoms with Crippen molar-refractivity contribution in [1.29, 1.82) is 0 Å². The number of para-hydroxylation sites is 1. The van der Waals surface area contributed by atoms with Crippen LogP contribution in [-0.4, -0.2) is 24.4 Å². The molecule has 1 fully saturated rings. The fourth-order valence-corrected chi connectivity index (χ4v) is 3.29. The van der Waals surface area contributed by atoms with Crippen LogP contribution in [0.4, 0.5) is 5.69 Å². The molecule has 0 bridgehead atoms. The molecule has 0 aromatic heterocycles. The number of halogens is 1. The highest BCUT2D eigenvalue weighted by Crippen LogP contribution is 2.28. The molecule has 0 radical (unpaired) electrons. The molecule has 2 amide bonds. The van der Waals surface area contributed by atoms with Crippen LogP contribution in [0.15, 0.2) is 48.5 Å². The zero-order valence-electron chi connectivity index (χ0n) is 13.7. The fraction of sp³-hybridized carbons (Fsp3) is 0.263. The van der Waals surface area contributed by atoms with Crippen LogP contribution in [0.3, 0.4) is 0 Å². The van der Waals surface area contributed by atoms with Gasteiger partial charge in [0.05, 0.1) is 16.8 Å². The van der Waals surface area contributed by atoms with Gasteiger partial charge in [-0.3, -0.25) is 9.59 Å². The zero-order chi connectivity index (χ0) is 17.8. The number of nitrogens with one attached hydrogen (secondary N) is 1. The van der Waals surface area contributed by atoms with Crippen molar-refractivity contribution >= 4 is 29.1 Å². The second-order valence-electron chi connectivity index (χ2n) is 6.08. The van der Waals surface area contributed by atoms with Gasteiger partial charge in [0.2, 0.25) is 11.8 Å². The molecule has 1 atom stereocenters. The van der Waals surface area contributed by atoms with Gasteiger partial charge in [0.15, 0.2) is 0 Å². The number of anilines is 1. The van der Waals surface area contributed by atoms with E-state index in [4.69, 9.17) is 17.3 Å². The van der Waals surface area contributed by atoms with Crippen molar-refractivity contribution in [3.63, 3.8) is 0 Å². The summed E-state index contributed by atoms with van der Waals surface area (Å²) in [5.41, 5.74) is 7.43. The molecule has 25 heavy (non-hydrogen) atoms. The Kier molecular flexibility index (Phi) is 5.36. The minimum absolute atomic E-state index is 0.0189. The van der Waals surface area contributed by atoms with E-state index in [0.29, 0.717) is 23.7 Å². The molecule has 130 valence electrons. The Hall–Kier alpha value is -2.37. The minimum atomic E-state index is -0.458. The normalized spacial score (nSPS) is 17.6. The van der Waals surface area contributed by atoms with E-state index in [1.54, 1.807) is 29.2 Å². The van der Waals surface area contributed by atoms with Crippen LogP contribution in [0.1, 0.15) is 28.8 Å². The summed E-state index contributed by atoms with van der Waals surface area (Å²) in [5.74, 6) is -0.439. The van der Waals surface area contributed by atoms with Crippen LogP contribution < -0.4 is 16.0 Å². The summed E-state index contributed by atoms with van der Waals surface area (Å²) < 4.78 is 0. The number of piperidine rings is 1. The molecule has 1 heterocycles. The predicted molar refractivity (Wildman–Crippen MR) is 98.6 cm³/mol. The Morgan fingerprint density at radius 1 is 1.24 bits per heavy atom. The number of benzene rings is 2. The molecule has 1 aliphatic rings. The summed E-state index contributed by atoms with van der Waals surface area (Å²) in [6, 6.07) is 14.2. The van der Waals surface area contributed by atoms with Gasteiger partial charge in [-0.25, -0.2) is 0 Å². The maximum absolute atomic E-state index is 12.8. The molecule has 0 aliphatic carbocycles. The van der Waals surface area contributed by atoms with Crippen molar-refractivity contribution in [1.82, 2.24) is 5.32 Å². The molecule has 2 aromatic carbocycles. The summed E-state index contributed by atoms with van der Waals surface area (Å²) in [6.07, 6.45) is 1.67. The number of nitrogens with zero attached hydrogens (tertiary/aromatic N) is 1. The topological polar surface area (TPSA) is 75.4 Å². The van der Waals surface area contributed by atoms with Gasteiger partial charge in [0.1, 0.15) is 0 Å². The lowest BCUT2D eigenvalue weighted by molar-refractivity contribution is -0.121. The first-order valence-electron chi connectivity index (χ1n) is 8.24. The van der Waals surface area contributed by atoms with Crippen molar-refractivity contribution in [2.75, 3.05) is 11.4 Å².